The normalized spacial score (nSPS) is 11.4. The zero-order chi connectivity index (χ0) is 17.2. The smallest absolute Gasteiger partial charge is 0.324 e. The van der Waals surface area contributed by atoms with Crippen molar-refractivity contribution in [2.24, 2.45) is 5.92 Å². The average Bonchev–Trinajstić information content (AvgIpc) is 2.52. The quantitative estimate of drug-likeness (QED) is 0.510. The zero-order valence-corrected chi connectivity index (χ0v) is 13.2. The SMILES string of the molecule is CCOC(=O)CCC(=O)C(C(C)=O)C(=O)OCc1ccccc1. The van der Waals surface area contributed by atoms with Gasteiger partial charge in [0.25, 0.3) is 0 Å². The van der Waals surface area contributed by atoms with Gasteiger partial charge < -0.3 is 9.47 Å². The van der Waals surface area contributed by atoms with Crippen molar-refractivity contribution in [3.63, 3.8) is 0 Å². The van der Waals surface area contributed by atoms with E-state index in [0.29, 0.717) is 0 Å². The van der Waals surface area contributed by atoms with Gasteiger partial charge in [-0.05, 0) is 19.4 Å². The van der Waals surface area contributed by atoms with Gasteiger partial charge in [-0.2, -0.15) is 0 Å². The first-order valence-electron chi connectivity index (χ1n) is 7.35. The van der Waals surface area contributed by atoms with Crippen molar-refractivity contribution in [1.29, 1.82) is 0 Å². The van der Waals surface area contributed by atoms with Crippen molar-refractivity contribution in [1.82, 2.24) is 0 Å². The Morgan fingerprint density at radius 1 is 1.00 bits per heavy atom. The van der Waals surface area contributed by atoms with Crippen molar-refractivity contribution >= 4 is 23.5 Å². The highest BCUT2D eigenvalue weighted by molar-refractivity contribution is 6.16. The van der Waals surface area contributed by atoms with E-state index in [9.17, 15) is 19.2 Å². The first-order chi connectivity index (χ1) is 11.0. The number of rotatable bonds is 9. The second-order valence-electron chi connectivity index (χ2n) is 4.91. The van der Waals surface area contributed by atoms with Gasteiger partial charge in [-0.25, -0.2) is 0 Å². The molecule has 1 rings (SSSR count). The van der Waals surface area contributed by atoms with E-state index in [4.69, 9.17) is 9.47 Å². The standard InChI is InChI=1S/C17H20O6/c1-3-22-15(20)10-9-14(19)16(12(2)18)17(21)23-11-13-7-5-4-6-8-13/h4-8,16H,3,9-11H2,1-2H3. The maximum atomic E-state index is 12.0. The number of ketones is 2. The van der Waals surface area contributed by atoms with Crippen LogP contribution in [-0.4, -0.2) is 30.1 Å². The first kappa shape index (κ1) is 18.5. The summed E-state index contributed by atoms with van der Waals surface area (Å²) in [5.41, 5.74) is 0.752. The lowest BCUT2D eigenvalue weighted by Gasteiger charge is -2.12. The van der Waals surface area contributed by atoms with Crippen molar-refractivity contribution < 1.29 is 28.7 Å². The Morgan fingerprint density at radius 2 is 1.65 bits per heavy atom. The van der Waals surface area contributed by atoms with E-state index in [1.54, 1.807) is 31.2 Å². The average molecular weight is 320 g/mol. The maximum absolute atomic E-state index is 12.0. The molecular formula is C17H20O6. The zero-order valence-electron chi connectivity index (χ0n) is 13.2. The number of carbonyl (C=O) groups is 4. The van der Waals surface area contributed by atoms with E-state index in [0.717, 1.165) is 12.5 Å². The summed E-state index contributed by atoms with van der Waals surface area (Å²) in [6, 6.07) is 8.92. The second kappa shape index (κ2) is 9.50. The highest BCUT2D eigenvalue weighted by Crippen LogP contribution is 2.11. The lowest BCUT2D eigenvalue weighted by atomic mass is 9.96. The third kappa shape index (κ3) is 6.42. The molecule has 0 saturated carbocycles. The Morgan fingerprint density at radius 3 is 2.22 bits per heavy atom. The Balaban J connectivity index is 2.58. The molecule has 0 aromatic heterocycles. The number of hydrogen-bond acceptors (Lipinski definition) is 6. The molecule has 0 fully saturated rings. The van der Waals surface area contributed by atoms with Crippen LogP contribution >= 0.6 is 0 Å². The molecule has 6 heteroatoms. The molecule has 1 atom stereocenters. The van der Waals surface area contributed by atoms with Crippen molar-refractivity contribution in [3.05, 3.63) is 35.9 Å². The maximum Gasteiger partial charge on any atom is 0.324 e. The van der Waals surface area contributed by atoms with Crippen LogP contribution in [0.3, 0.4) is 0 Å². The predicted octanol–water partition coefficient (Wildman–Crippen LogP) is 1.85. The van der Waals surface area contributed by atoms with E-state index in [1.807, 2.05) is 6.07 Å². The van der Waals surface area contributed by atoms with Gasteiger partial charge >= 0.3 is 11.9 Å². The lowest BCUT2D eigenvalue weighted by Crippen LogP contribution is -2.32. The summed E-state index contributed by atoms with van der Waals surface area (Å²) in [7, 11) is 0. The Bertz CT molecular complexity index is 564. The van der Waals surface area contributed by atoms with Crippen LogP contribution in [0.4, 0.5) is 0 Å². The largest absolute Gasteiger partial charge is 0.466 e. The molecule has 124 valence electrons. The Hall–Kier alpha value is -2.50. The molecule has 23 heavy (non-hydrogen) atoms. The molecule has 0 aliphatic rings. The van der Waals surface area contributed by atoms with E-state index in [1.165, 1.54) is 0 Å². The van der Waals surface area contributed by atoms with Gasteiger partial charge in [0.1, 0.15) is 6.61 Å². The van der Waals surface area contributed by atoms with Gasteiger partial charge in [0.05, 0.1) is 13.0 Å². The molecular weight excluding hydrogens is 300 g/mol. The highest BCUT2D eigenvalue weighted by atomic mass is 16.5. The molecule has 0 heterocycles. The Labute approximate surface area is 134 Å². The van der Waals surface area contributed by atoms with Crippen LogP contribution in [0.5, 0.6) is 0 Å². The third-order valence-corrected chi connectivity index (χ3v) is 3.07. The molecule has 0 bridgehead atoms. The number of benzene rings is 1. The van der Waals surface area contributed by atoms with Crippen LogP contribution in [0.25, 0.3) is 0 Å². The number of hydrogen-bond donors (Lipinski definition) is 0. The van der Waals surface area contributed by atoms with E-state index < -0.39 is 29.4 Å². The molecule has 0 aliphatic carbocycles. The van der Waals surface area contributed by atoms with E-state index >= 15 is 0 Å². The fourth-order valence-electron chi connectivity index (χ4n) is 1.94. The lowest BCUT2D eigenvalue weighted by molar-refractivity contribution is -0.157. The molecule has 6 nitrogen and oxygen atoms in total. The number of esters is 2. The minimum Gasteiger partial charge on any atom is -0.466 e. The first-order valence-corrected chi connectivity index (χ1v) is 7.35. The van der Waals surface area contributed by atoms with Crippen molar-refractivity contribution in [2.75, 3.05) is 6.61 Å². The van der Waals surface area contributed by atoms with Gasteiger partial charge in [-0.15, -0.1) is 0 Å². The van der Waals surface area contributed by atoms with Crippen molar-refractivity contribution in [3.8, 4) is 0 Å². The van der Waals surface area contributed by atoms with Crippen LogP contribution < -0.4 is 0 Å². The summed E-state index contributed by atoms with van der Waals surface area (Å²) in [5.74, 6) is -4.16. The van der Waals surface area contributed by atoms with E-state index in [-0.39, 0.29) is 26.1 Å². The van der Waals surface area contributed by atoms with Gasteiger partial charge in [-0.1, -0.05) is 30.3 Å². The summed E-state index contributed by atoms with van der Waals surface area (Å²) in [6.45, 7) is 2.99. The minimum atomic E-state index is -1.49. The van der Waals surface area contributed by atoms with Gasteiger partial charge in [0.2, 0.25) is 0 Å². The minimum absolute atomic E-state index is 0.0192. The summed E-state index contributed by atoms with van der Waals surface area (Å²) < 4.78 is 9.74. The summed E-state index contributed by atoms with van der Waals surface area (Å²) >= 11 is 0. The van der Waals surface area contributed by atoms with E-state index in [2.05, 4.69) is 0 Å². The molecule has 0 amide bonds. The number of Topliss-reactive ketones (excluding diaryl/α,β-unsaturated/α-hetero) is 2. The molecule has 0 saturated heterocycles. The molecule has 1 aromatic rings. The molecule has 0 radical (unpaired) electrons. The van der Waals surface area contributed by atoms with Gasteiger partial charge in [-0.3, -0.25) is 19.2 Å². The molecule has 1 aromatic carbocycles. The van der Waals surface area contributed by atoms with Crippen LogP contribution in [0.15, 0.2) is 30.3 Å². The monoisotopic (exact) mass is 320 g/mol. The second-order valence-corrected chi connectivity index (χ2v) is 4.91. The third-order valence-electron chi connectivity index (χ3n) is 3.07. The molecule has 0 spiro atoms. The summed E-state index contributed by atoms with van der Waals surface area (Å²) in [6.07, 6.45) is -0.397. The molecule has 1 unspecified atom stereocenters. The summed E-state index contributed by atoms with van der Waals surface area (Å²) in [4.78, 5) is 46.8. The molecule has 0 N–H and O–H groups in total. The fraction of sp³-hybridized carbons (Fsp3) is 0.412. The predicted molar refractivity (Wildman–Crippen MR) is 81.3 cm³/mol. The van der Waals surface area contributed by atoms with Gasteiger partial charge in [0.15, 0.2) is 17.5 Å². The number of carbonyl (C=O) groups excluding carboxylic acids is 4. The molecule has 0 aliphatic heterocycles. The van der Waals surface area contributed by atoms with Crippen LogP contribution in [0.1, 0.15) is 32.3 Å². The van der Waals surface area contributed by atoms with Crippen LogP contribution in [0, 0.1) is 5.92 Å². The van der Waals surface area contributed by atoms with Crippen LogP contribution in [0.2, 0.25) is 0 Å². The van der Waals surface area contributed by atoms with Crippen LogP contribution in [-0.2, 0) is 35.3 Å². The highest BCUT2D eigenvalue weighted by Gasteiger charge is 2.32. The van der Waals surface area contributed by atoms with Crippen molar-refractivity contribution in [2.45, 2.75) is 33.3 Å². The topological polar surface area (TPSA) is 86.7 Å². The fourth-order valence-corrected chi connectivity index (χ4v) is 1.94. The summed E-state index contributed by atoms with van der Waals surface area (Å²) in [5, 5.41) is 0. The Kier molecular flexibility index (Phi) is 7.66. The number of ether oxygens (including phenoxy) is 2. The van der Waals surface area contributed by atoms with Gasteiger partial charge in [0, 0.05) is 6.42 Å².